The van der Waals surface area contributed by atoms with Gasteiger partial charge in [0.25, 0.3) is 0 Å². The van der Waals surface area contributed by atoms with Gasteiger partial charge in [0.1, 0.15) is 0 Å². The van der Waals surface area contributed by atoms with Crippen molar-refractivity contribution in [1.82, 2.24) is 10.4 Å². The molecule has 0 atom stereocenters. The van der Waals surface area contributed by atoms with Crippen LogP contribution in [-0.2, 0) is 0 Å². The highest BCUT2D eigenvalue weighted by atomic mass is 15.5. The third kappa shape index (κ3) is 2.17. The van der Waals surface area contributed by atoms with Crippen LogP contribution in [0.4, 0.5) is 0 Å². The summed E-state index contributed by atoms with van der Waals surface area (Å²) in [5.74, 6) is 0. The summed E-state index contributed by atoms with van der Waals surface area (Å²) >= 11 is 0. The van der Waals surface area contributed by atoms with E-state index in [2.05, 4.69) is 24.3 Å². The number of nitrogens with zero attached hydrogens (tertiary/aromatic N) is 1. The van der Waals surface area contributed by atoms with Gasteiger partial charge in [0.15, 0.2) is 0 Å². The molecule has 2 heteroatoms. The van der Waals surface area contributed by atoms with Crippen LogP contribution in [0.25, 0.3) is 0 Å². The molecule has 1 aliphatic rings. The second kappa shape index (κ2) is 3.55. The third-order valence-corrected chi connectivity index (χ3v) is 3.14. The zero-order valence-electron chi connectivity index (χ0n) is 7.98. The molecular formula is C9H20N2. The van der Waals surface area contributed by atoms with Gasteiger partial charge in [0.05, 0.1) is 0 Å². The number of nitrogens with one attached hydrogen (secondary N) is 1. The number of rotatable bonds is 2. The van der Waals surface area contributed by atoms with Gasteiger partial charge < -0.3 is 0 Å². The van der Waals surface area contributed by atoms with Gasteiger partial charge in [-0.15, -0.1) is 0 Å². The van der Waals surface area contributed by atoms with Gasteiger partial charge in [-0.1, -0.05) is 20.3 Å². The van der Waals surface area contributed by atoms with Crippen LogP contribution in [0.15, 0.2) is 0 Å². The first-order chi connectivity index (χ1) is 5.20. The molecule has 0 unspecified atom stereocenters. The third-order valence-electron chi connectivity index (χ3n) is 3.14. The molecule has 1 saturated heterocycles. The van der Waals surface area contributed by atoms with Crippen LogP contribution in [0.3, 0.4) is 0 Å². The molecule has 0 radical (unpaired) electrons. The van der Waals surface area contributed by atoms with Crippen molar-refractivity contribution in [2.24, 2.45) is 5.41 Å². The predicted octanol–water partition coefficient (Wildman–Crippen LogP) is 1.63. The van der Waals surface area contributed by atoms with Crippen LogP contribution in [-0.4, -0.2) is 25.1 Å². The van der Waals surface area contributed by atoms with Crippen molar-refractivity contribution >= 4 is 0 Å². The van der Waals surface area contributed by atoms with Crippen LogP contribution in [0.5, 0.6) is 0 Å². The minimum absolute atomic E-state index is 0.618. The highest BCUT2D eigenvalue weighted by Crippen LogP contribution is 2.32. The normalized spacial score (nSPS) is 25.4. The van der Waals surface area contributed by atoms with Crippen molar-refractivity contribution < 1.29 is 0 Å². The standard InChI is InChI=1S/C9H20N2/c1-4-9(2)5-7-11(10-3)8-6-9/h10H,4-8H2,1-3H3. The van der Waals surface area contributed by atoms with E-state index in [0.717, 1.165) is 0 Å². The Labute approximate surface area is 69.9 Å². The number of hydrogen-bond donors (Lipinski definition) is 1. The van der Waals surface area contributed by atoms with Gasteiger partial charge >= 0.3 is 0 Å². The Kier molecular flexibility index (Phi) is 2.90. The van der Waals surface area contributed by atoms with Crippen LogP contribution in [0, 0.1) is 5.41 Å². The first-order valence-corrected chi connectivity index (χ1v) is 4.62. The zero-order valence-corrected chi connectivity index (χ0v) is 7.98. The zero-order chi connectivity index (χ0) is 8.32. The van der Waals surface area contributed by atoms with Gasteiger partial charge in [-0.25, -0.2) is 5.01 Å². The molecule has 0 aromatic rings. The van der Waals surface area contributed by atoms with Crippen molar-refractivity contribution in [1.29, 1.82) is 0 Å². The maximum atomic E-state index is 3.20. The molecule has 0 bridgehead atoms. The lowest BCUT2D eigenvalue weighted by molar-refractivity contribution is 0.0831. The quantitative estimate of drug-likeness (QED) is 0.653. The van der Waals surface area contributed by atoms with Crippen molar-refractivity contribution in [3.05, 3.63) is 0 Å². The van der Waals surface area contributed by atoms with Crippen molar-refractivity contribution in [3.8, 4) is 0 Å². The van der Waals surface area contributed by atoms with E-state index in [9.17, 15) is 0 Å². The summed E-state index contributed by atoms with van der Waals surface area (Å²) in [6.45, 7) is 7.12. The molecule has 1 heterocycles. The number of piperidine rings is 1. The largest absolute Gasteiger partial charge is 0.258 e. The van der Waals surface area contributed by atoms with E-state index in [1.807, 2.05) is 7.05 Å². The molecule has 1 aliphatic heterocycles. The monoisotopic (exact) mass is 156 g/mol. The summed E-state index contributed by atoms with van der Waals surface area (Å²) in [5.41, 5.74) is 3.82. The van der Waals surface area contributed by atoms with E-state index < -0.39 is 0 Å². The molecule has 2 nitrogen and oxygen atoms in total. The van der Waals surface area contributed by atoms with Gasteiger partial charge in [-0.05, 0) is 25.3 Å². The Balaban J connectivity index is 2.35. The summed E-state index contributed by atoms with van der Waals surface area (Å²) in [6.07, 6.45) is 4.00. The van der Waals surface area contributed by atoms with E-state index in [-0.39, 0.29) is 0 Å². The van der Waals surface area contributed by atoms with E-state index >= 15 is 0 Å². The lowest BCUT2D eigenvalue weighted by Crippen LogP contribution is -2.44. The Morgan fingerprint density at radius 3 is 2.27 bits per heavy atom. The SMILES string of the molecule is CCC1(C)CCN(NC)CC1. The minimum atomic E-state index is 0.618. The van der Waals surface area contributed by atoms with Crippen LogP contribution < -0.4 is 5.43 Å². The summed E-state index contributed by atoms with van der Waals surface area (Å²) < 4.78 is 0. The molecule has 11 heavy (non-hydrogen) atoms. The average Bonchev–Trinajstić information content (AvgIpc) is 2.06. The lowest BCUT2D eigenvalue weighted by atomic mass is 9.79. The van der Waals surface area contributed by atoms with E-state index in [1.54, 1.807) is 0 Å². The maximum Gasteiger partial charge on any atom is 0.0136 e. The average molecular weight is 156 g/mol. The summed E-state index contributed by atoms with van der Waals surface area (Å²) in [6, 6.07) is 0. The predicted molar refractivity (Wildman–Crippen MR) is 48.3 cm³/mol. The molecule has 1 fully saturated rings. The Bertz CT molecular complexity index is 115. The first kappa shape index (κ1) is 9.01. The second-order valence-electron chi connectivity index (χ2n) is 3.87. The maximum absolute atomic E-state index is 3.20. The van der Waals surface area contributed by atoms with Gasteiger partial charge in [-0.3, -0.25) is 5.43 Å². The van der Waals surface area contributed by atoms with Crippen molar-refractivity contribution in [3.63, 3.8) is 0 Å². The highest BCUT2D eigenvalue weighted by Gasteiger charge is 2.27. The summed E-state index contributed by atoms with van der Waals surface area (Å²) in [7, 11) is 2.01. The summed E-state index contributed by atoms with van der Waals surface area (Å²) in [4.78, 5) is 0. The summed E-state index contributed by atoms with van der Waals surface area (Å²) in [5, 5.41) is 2.30. The van der Waals surface area contributed by atoms with E-state index in [4.69, 9.17) is 0 Å². The smallest absolute Gasteiger partial charge is 0.0136 e. The fraction of sp³-hybridized carbons (Fsp3) is 1.00. The molecule has 0 spiro atoms. The van der Waals surface area contributed by atoms with Gasteiger partial charge in [0, 0.05) is 13.1 Å². The Morgan fingerprint density at radius 1 is 1.36 bits per heavy atom. The van der Waals surface area contributed by atoms with Crippen LogP contribution in [0.1, 0.15) is 33.1 Å². The molecule has 66 valence electrons. The number of hydrogen-bond acceptors (Lipinski definition) is 2. The molecule has 1 rings (SSSR count). The van der Waals surface area contributed by atoms with E-state index in [0.29, 0.717) is 5.41 Å². The van der Waals surface area contributed by atoms with Crippen LogP contribution in [0.2, 0.25) is 0 Å². The molecule has 0 aliphatic carbocycles. The fourth-order valence-corrected chi connectivity index (χ4v) is 1.62. The van der Waals surface area contributed by atoms with E-state index in [1.165, 1.54) is 32.4 Å². The lowest BCUT2D eigenvalue weighted by Gasteiger charge is -2.38. The fourth-order valence-electron chi connectivity index (χ4n) is 1.62. The topological polar surface area (TPSA) is 15.3 Å². The molecule has 0 aromatic carbocycles. The van der Waals surface area contributed by atoms with Crippen molar-refractivity contribution in [2.45, 2.75) is 33.1 Å². The molecular weight excluding hydrogens is 136 g/mol. The van der Waals surface area contributed by atoms with Crippen LogP contribution >= 0.6 is 0 Å². The molecule has 0 saturated carbocycles. The van der Waals surface area contributed by atoms with Gasteiger partial charge in [0.2, 0.25) is 0 Å². The first-order valence-electron chi connectivity index (χ1n) is 4.62. The minimum Gasteiger partial charge on any atom is -0.258 e. The van der Waals surface area contributed by atoms with Crippen molar-refractivity contribution in [2.75, 3.05) is 20.1 Å². The molecule has 0 amide bonds. The second-order valence-corrected chi connectivity index (χ2v) is 3.87. The van der Waals surface area contributed by atoms with Gasteiger partial charge in [-0.2, -0.15) is 0 Å². The molecule has 1 N–H and O–H groups in total. The Hall–Kier alpha value is -0.0800. The molecule has 0 aromatic heterocycles. The Morgan fingerprint density at radius 2 is 1.91 bits per heavy atom. The highest BCUT2D eigenvalue weighted by molar-refractivity contribution is 4.79. The number of hydrazine groups is 1.